The molecule has 6 heavy (non-hydrogen) atoms. The van der Waals surface area contributed by atoms with Gasteiger partial charge < -0.3 is 4.74 Å². The number of nitrogens with zero attached hydrogens (tertiary/aromatic N) is 1. The molecule has 1 aliphatic rings. The maximum atomic E-state index is 4.69. The van der Waals surface area contributed by atoms with Gasteiger partial charge in [0.15, 0.2) is 6.40 Å². The molecule has 0 saturated carbocycles. The Labute approximate surface area is 36.1 Å². The first-order chi connectivity index (χ1) is 3.00. The first-order valence-electron chi connectivity index (χ1n) is 1.78. The Morgan fingerprint density at radius 1 is 1.67 bits per heavy atom. The van der Waals surface area contributed by atoms with Crippen LogP contribution < -0.4 is 0 Å². The van der Waals surface area contributed by atoms with Crippen LogP contribution in [0.3, 0.4) is 0 Å². The van der Waals surface area contributed by atoms with Crippen molar-refractivity contribution in [2.75, 3.05) is 6.61 Å². The van der Waals surface area contributed by atoms with E-state index in [4.69, 9.17) is 4.74 Å². The van der Waals surface area contributed by atoms with Gasteiger partial charge in [-0.1, -0.05) is 0 Å². The van der Waals surface area contributed by atoms with E-state index in [1.807, 2.05) is 6.08 Å². The molecule has 0 spiro atoms. The van der Waals surface area contributed by atoms with Gasteiger partial charge in [0.1, 0.15) is 6.61 Å². The first kappa shape index (κ1) is 3.40. The molecule has 0 bridgehead atoms. The molecule has 0 aromatic rings. The smallest absolute Gasteiger partial charge is 0.174 e. The molecule has 0 aromatic heterocycles. The lowest BCUT2D eigenvalue weighted by Crippen LogP contribution is -1.89. The fraction of sp³-hybridized carbons (Fsp3) is 0.250. The van der Waals surface area contributed by atoms with Gasteiger partial charge in [-0.05, 0) is 6.08 Å². The van der Waals surface area contributed by atoms with Crippen molar-refractivity contribution in [2.45, 2.75) is 0 Å². The summed E-state index contributed by atoms with van der Waals surface area (Å²) in [5, 5.41) is 0. The highest BCUT2D eigenvalue weighted by molar-refractivity contribution is 5.48. The van der Waals surface area contributed by atoms with Crippen molar-refractivity contribution in [1.29, 1.82) is 0 Å². The fourth-order valence-corrected chi connectivity index (χ4v) is 0.281. The summed E-state index contributed by atoms with van der Waals surface area (Å²) in [6.07, 6.45) is 4.99. The zero-order valence-corrected chi connectivity index (χ0v) is 3.29. The van der Waals surface area contributed by atoms with Gasteiger partial charge in [-0.3, -0.25) is 0 Å². The summed E-state index contributed by atoms with van der Waals surface area (Å²) in [4.78, 5) is 3.65. The monoisotopic (exact) mass is 83.0 g/mol. The van der Waals surface area contributed by atoms with Crippen molar-refractivity contribution in [1.82, 2.24) is 0 Å². The molecule has 2 heteroatoms. The normalized spacial score (nSPS) is 17.3. The van der Waals surface area contributed by atoms with Gasteiger partial charge in [-0.25, -0.2) is 4.99 Å². The highest BCUT2D eigenvalue weighted by Gasteiger charge is 1.76. The number of ether oxygens (including phenoxy) is 1. The standard InChI is InChI=1S/C4H5NO/c1-2-5-4-6-3-1/h1-2,4H,3H2. The van der Waals surface area contributed by atoms with E-state index in [0.29, 0.717) is 6.61 Å². The Morgan fingerprint density at radius 2 is 2.67 bits per heavy atom. The molecule has 0 radical (unpaired) electrons. The van der Waals surface area contributed by atoms with Gasteiger partial charge in [-0.2, -0.15) is 0 Å². The lowest BCUT2D eigenvalue weighted by molar-refractivity contribution is 0.362. The second-order valence-electron chi connectivity index (χ2n) is 0.973. The zero-order chi connectivity index (χ0) is 4.24. The number of rotatable bonds is 0. The molecule has 0 aliphatic carbocycles. The molecule has 0 N–H and O–H groups in total. The van der Waals surface area contributed by atoms with E-state index in [-0.39, 0.29) is 0 Å². The Bertz CT molecular complexity index is 73.5. The van der Waals surface area contributed by atoms with E-state index < -0.39 is 0 Å². The van der Waals surface area contributed by atoms with Crippen molar-refractivity contribution in [3.8, 4) is 0 Å². The minimum absolute atomic E-state index is 0.670. The van der Waals surface area contributed by atoms with E-state index in [2.05, 4.69) is 4.99 Å². The van der Waals surface area contributed by atoms with Crippen LogP contribution in [-0.2, 0) is 4.74 Å². The predicted molar refractivity (Wildman–Crippen MR) is 23.6 cm³/mol. The summed E-state index contributed by atoms with van der Waals surface area (Å²) in [7, 11) is 0. The van der Waals surface area contributed by atoms with E-state index in [1.54, 1.807) is 6.20 Å². The van der Waals surface area contributed by atoms with Crippen LogP contribution in [0.25, 0.3) is 0 Å². The Morgan fingerprint density at radius 3 is 2.83 bits per heavy atom. The van der Waals surface area contributed by atoms with Crippen LogP contribution in [0.2, 0.25) is 0 Å². The third kappa shape index (κ3) is 0.578. The average molecular weight is 83.1 g/mol. The van der Waals surface area contributed by atoms with Gasteiger partial charge in [0.25, 0.3) is 0 Å². The van der Waals surface area contributed by atoms with E-state index in [1.165, 1.54) is 6.40 Å². The van der Waals surface area contributed by atoms with Crippen LogP contribution in [0.4, 0.5) is 0 Å². The third-order valence-electron chi connectivity index (χ3n) is 0.519. The molecule has 0 fully saturated rings. The van der Waals surface area contributed by atoms with Crippen LogP contribution >= 0.6 is 0 Å². The second kappa shape index (κ2) is 1.60. The SMILES string of the molecule is C1=CN=COC1. The van der Waals surface area contributed by atoms with Gasteiger partial charge >= 0.3 is 0 Å². The largest absolute Gasteiger partial charge is 0.479 e. The molecule has 1 rings (SSSR count). The van der Waals surface area contributed by atoms with Gasteiger partial charge in [0, 0.05) is 6.20 Å². The highest BCUT2D eigenvalue weighted by atomic mass is 16.5. The number of hydrogen-bond donors (Lipinski definition) is 0. The van der Waals surface area contributed by atoms with Crippen LogP contribution in [0, 0.1) is 0 Å². The Balaban J connectivity index is 2.46. The van der Waals surface area contributed by atoms with Crippen LogP contribution in [-0.4, -0.2) is 13.0 Å². The summed E-state index contributed by atoms with van der Waals surface area (Å²) < 4.78 is 4.69. The first-order valence-corrected chi connectivity index (χ1v) is 1.78. The minimum atomic E-state index is 0.670. The summed E-state index contributed by atoms with van der Waals surface area (Å²) in [5.74, 6) is 0. The lowest BCUT2D eigenvalue weighted by Gasteiger charge is -1.93. The maximum absolute atomic E-state index is 4.69. The highest BCUT2D eigenvalue weighted by Crippen LogP contribution is 1.81. The Kier molecular flexibility index (Phi) is 0.906. The minimum Gasteiger partial charge on any atom is -0.479 e. The van der Waals surface area contributed by atoms with Crippen molar-refractivity contribution >= 4 is 6.40 Å². The van der Waals surface area contributed by atoms with Crippen LogP contribution in [0.1, 0.15) is 0 Å². The molecule has 1 aliphatic heterocycles. The molecule has 0 unspecified atom stereocenters. The summed E-state index contributed by atoms with van der Waals surface area (Å²) in [6, 6.07) is 0. The van der Waals surface area contributed by atoms with Gasteiger partial charge in [-0.15, -0.1) is 0 Å². The van der Waals surface area contributed by atoms with Crippen molar-refractivity contribution < 1.29 is 4.74 Å². The molecule has 2 nitrogen and oxygen atoms in total. The van der Waals surface area contributed by atoms with Gasteiger partial charge in [0.2, 0.25) is 0 Å². The van der Waals surface area contributed by atoms with Crippen LogP contribution in [0.5, 0.6) is 0 Å². The fourth-order valence-electron chi connectivity index (χ4n) is 0.281. The average Bonchev–Trinajstić information content (AvgIpc) is 1.72. The molecule has 0 amide bonds. The van der Waals surface area contributed by atoms with E-state index in [0.717, 1.165) is 0 Å². The van der Waals surface area contributed by atoms with Gasteiger partial charge in [0.05, 0.1) is 0 Å². The van der Waals surface area contributed by atoms with E-state index >= 15 is 0 Å². The van der Waals surface area contributed by atoms with Crippen molar-refractivity contribution in [3.05, 3.63) is 12.3 Å². The summed E-state index contributed by atoms with van der Waals surface area (Å²) >= 11 is 0. The second-order valence-corrected chi connectivity index (χ2v) is 0.973. The van der Waals surface area contributed by atoms with Crippen molar-refractivity contribution in [2.24, 2.45) is 4.99 Å². The molecule has 1 heterocycles. The van der Waals surface area contributed by atoms with Crippen molar-refractivity contribution in [3.63, 3.8) is 0 Å². The molecule has 0 saturated heterocycles. The molecular weight excluding hydrogens is 78.0 g/mol. The third-order valence-corrected chi connectivity index (χ3v) is 0.519. The summed E-state index contributed by atoms with van der Waals surface area (Å²) in [5.41, 5.74) is 0. The molecule has 32 valence electrons. The Hall–Kier alpha value is -0.790. The quantitative estimate of drug-likeness (QED) is 0.419. The number of hydrogen-bond acceptors (Lipinski definition) is 2. The van der Waals surface area contributed by atoms with Crippen LogP contribution in [0.15, 0.2) is 17.3 Å². The lowest BCUT2D eigenvalue weighted by atomic mass is 10.6. The maximum Gasteiger partial charge on any atom is 0.174 e. The number of aliphatic imine (C=N–C) groups is 1. The molecule has 0 atom stereocenters. The molecule has 0 aromatic carbocycles. The topological polar surface area (TPSA) is 21.6 Å². The predicted octanol–water partition coefficient (Wildman–Crippen LogP) is 0.559. The van der Waals surface area contributed by atoms with E-state index in [9.17, 15) is 0 Å². The zero-order valence-electron chi connectivity index (χ0n) is 3.29. The molecular formula is C4H5NO. The summed E-state index contributed by atoms with van der Waals surface area (Å²) in [6.45, 7) is 0.670.